The summed E-state index contributed by atoms with van der Waals surface area (Å²) >= 11 is 0. The van der Waals surface area contributed by atoms with Gasteiger partial charge >= 0.3 is 0 Å². The first-order valence-electron chi connectivity index (χ1n) is 3.07. The number of rotatable bonds is 1. The van der Waals surface area contributed by atoms with Gasteiger partial charge < -0.3 is 9.36 Å². The van der Waals surface area contributed by atoms with Crippen molar-refractivity contribution in [2.75, 3.05) is 0 Å². The fraction of sp³-hybridized carbons (Fsp3) is 0.143. The Bertz CT molecular complexity index is 288. The lowest BCUT2D eigenvalue weighted by atomic mass is 10.2. The van der Waals surface area contributed by atoms with Crippen LogP contribution in [0.4, 0.5) is 0 Å². The molecule has 10 heavy (non-hydrogen) atoms. The topological polar surface area (TPSA) is 34.4 Å². The smallest absolute Gasteiger partial charge is 0.150 e. The summed E-state index contributed by atoms with van der Waals surface area (Å²) < 4.78 is 1.85. The summed E-state index contributed by atoms with van der Waals surface area (Å²) in [6.07, 6.45) is 4.38. The van der Waals surface area contributed by atoms with E-state index in [4.69, 9.17) is 0 Å². The Hall–Kier alpha value is -1.38. The second-order valence-electron chi connectivity index (χ2n) is 2.19. The molecular weight excluding hydrogens is 128 g/mol. The van der Waals surface area contributed by atoms with Crippen LogP contribution in [0, 0.1) is 0 Å². The second kappa shape index (κ2) is 1.80. The molecular formula is C7H6N2O. The molecule has 0 spiro atoms. The molecule has 0 aromatic carbocycles. The van der Waals surface area contributed by atoms with E-state index in [1.807, 2.05) is 22.9 Å². The highest BCUT2D eigenvalue weighted by molar-refractivity contribution is 5.73. The Morgan fingerprint density at radius 2 is 2.60 bits per heavy atom. The van der Waals surface area contributed by atoms with Gasteiger partial charge in [0.15, 0.2) is 6.29 Å². The average molecular weight is 134 g/mol. The van der Waals surface area contributed by atoms with Crippen LogP contribution >= 0.6 is 0 Å². The van der Waals surface area contributed by atoms with E-state index >= 15 is 0 Å². The van der Waals surface area contributed by atoms with Crippen LogP contribution < -0.4 is 0 Å². The van der Waals surface area contributed by atoms with E-state index < -0.39 is 0 Å². The maximum absolute atomic E-state index is 10.3. The van der Waals surface area contributed by atoms with Crippen molar-refractivity contribution in [1.82, 2.24) is 4.57 Å². The number of aldehydes is 1. The molecule has 0 bridgehead atoms. The van der Waals surface area contributed by atoms with Crippen LogP contribution in [0.15, 0.2) is 23.3 Å². The molecule has 0 amide bonds. The highest BCUT2D eigenvalue weighted by atomic mass is 16.1. The summed E-state index contributed by atoms with van der Waals surface area (Å²) in [4.78, 5) is 14.3. The third-order valence-corrected chi connectivity index (χ3v) is 1.60. The van der Waals surface area contributed by atoms with Gasteiger partial charge in [-0.25, -0.2) is 0 Å². The fourth-order valence-corrected chi connectivity index (χ4v) is 1.09. The van der Waals surface area contributed by atoms with E-state index in [-0.39, 0.29) is 6.04 Å². The fourth-order valence-electron chi connectivity index (χ4n) is 1.09. The SMILES string of the molecule is O=CC1N=Cn2cccc21. The zero-order chi connectivity index (χ0) is 6.97. The zero-order valence-corrected chi connectivity index (χ0v) is 5.27. The number of carbonyl (C=O) groups excluding carboxylic acids is 1. The molecule has 0 fully saturated rings. The Kier molecular flexibility index (Phi) is 0.974. The minimum absolute atomic E-state index is 0.269. The minimum Gasteiger partial charge on any atom is -0.309 e. The molecule has 0 saturated carbocycles. The largest absolute Gasteiger partial charge is 0.309 e. The van der Waals surface area contributed by atoms with Gasteiger partial charge in [0.1, 0.15) is 6.04 Å². The van der Waals surface area contributed by atoms with E-state index in [0.29, 0.717) is 0 Å². The van der Waals surface area contributed by atoms with Gasteiger partial charge in [0, 0.05) is 6.20 Å². The first-order valence-corrected chi connectivity index (χ1v) is 3.07. The highest BCUT2D eigenvalue weighted by Crippen LogP contribution is 2.18. The average Bonchev–Trinajstić information content (AvgIpc) is 2.44. The van der Waals surface area contributed by atoms with Crippen molar-refractivity contribution in [3.05, 3.63) is 24.0 Å². The summed E-state index contributed by atoms with van der Waals surface area (Å²) in [6, 6.07) is 3.53. The highest BCUT2D eigenvalue weighted by Gasteiger charge is 2.15. The molecule has 1 aromatic heterocycles. The van der Waals surface area contributed by atoms with Crippen molar-refractivity contribution >= 4 is 12.6 Å². The Balaban J connectivity index is 2.52. The molecule has 0 N–H and O–H groups in total. The second-order valence-corrected chi connectivity index (χ2v) is 2.19. The van der Waals surface area contributed by atoms with E-state index in [0.717, 1.165) is 12.0 Å². The van der Waals surface area contributed by atoms with Gasteiger partial charge in [0.2, 0.25) is 0 Å². The van der Waals surface area contributed by atoms with Crippen molar-refractivity contribution in [3.8, 4) is 0 Å². The number of fused-ring (bicyclic) bond motifs is 1. The van der Waals surface area contributed by atoms with Crippen LogP contribution in [0.3, 0.4) is 0 Å². The normalized spacial score (nSPS) is 21.0. The van der Waals surface area contributed by atoms with Crippen molar-refractivity contribution in [2.45, 2.75) is 6.04 Å². The van der Waals surface area contributed by atoms with Gasteiger partial charge in [0.25, 0.3) is 0 Å². The molecule has 0 aliphatic carbocycles. The molecule has 2 heterocycles. The van der Waals surface area contributed by atoms with Crippen molar-refractivity contribution in [1.29, 1.82) is 0 Å². The zero-order valence-electron chi connectivity index (χ0n) is 5.27. The third kappa shape index (κ3) is 0.543. The summed E-state index contributed by atoms with van der Waals surface area (Å²) in [5.41, 5.74) is 0.954. The first kappa shape index (κ1) is 5.41. The lowest BCUT2D eigenvalue weighted by molar-refractivity contribution is -0.108. The maximum Gasteiger partial charge on any atom is 0.150 e. The van der Waals surface area contributed by atoms with Crippen molar-refractivity contribution in [2.24, 2.45) is 4.99 Å². The van der Waals surface area contributed by atoms with E-state index in [1.54, 1.807) is 6.34 Å². The Morgan fingerprint density at radius 1 is 1.70 bits per heavy atom. The van der Waals surface area contributed by atoms with Gasteiger partial charge in [-0.05, 0) is 12.1 Å². The predicted molar refractivity (Wildman–Crippen MR) is 37.1 cm³/mol. The van der Waals surface area contributed by atoms with Crippen LogP contribution in [0.5, 0.6) is 0 Å². The number of hydrogen-bond acceptors (Lipinski definition) is 2. The predicted octanol–water partition coefficient (Wildman–Crippen LogP) is 0.618. The molecule has 2 rings (SSSR count). The van der Waals surface area contributed by atoms with Crippen LogP contribution in [-0.2, 0) is 4.79 Å². The maximum atomic E-state index is 10.3. The third-order valence-electron chi connectivity index (χ3n) is 1.60. The molecule has 3 nitrogen and oxygen atoms in total. The molecule has 1 aliphatic rings. The molecule has 50 valence electrons. The van der Waals surface area contributed by atoms with Crippen LogP contribution in [0.25, 0.3) is 0 Å². The summed E-state index contributed by atoms with van der Waals surface area (Å²) in [5, 5.41) is 0. The Morgan fingerprint density at radius 3 is 3.40 bits per heavy atom. The van der Waals surface area contributed by atoms with E-state index in [1.165, 1.54) is 0 Å². The monoisotopic (exact) mass is 134 g/mol. The lowest BCUT2D eigenvalue weighted by Gasteiger charge is -1.94. The molecule has 3 heteroatoms. The first-order chi connectivity index (χ1) is 4.92. The molecule has 1 aromatic rings. The molecule has 0 saturated heterocycles. The van der Waals surface area contributed by atoms with E-state index in [2.05, 4.69) is 4.99 Å². The number of hydrogen-bond donors (Lipinski definition) is 0. The van der Waals surface area contributed by atoms with Crippen LogP contribution in [0.1, 0.15) is 11.7 Å². The standard InChI is InChI=1S/C7H6N2O/c10-4-6-7-2-1-3-9(7)5-8-6/h1-6H. The molecule has 1 atom stereocenters. The summed E-state index contributed by atoms with van der Waals surface area (Å²) in [5.74, 6) is 0. The van der Waals surface area contributed by atoms with Gasteiger partial charge in [0.05, 0.1) is 12.0 Å². The van der Waals surface area contributed by atoms with Gasteiger partial charge in [-0.2, -0.15) is 0 Å². The van der Waals surface area contributed by atoms with E-state index in [9.17, 15) is 4.79 Å². The number of carbonyl (C=O) groups is 1. The van der Waals surface area contributed by atoms with Gasteiger partial charge in [-0.15, -0.1) is 0 Å². The quantitative estimate of drug-likeness (QED) is 0.518. The molecule has 0 radical (unpaired) electrons. The summed E-state index contributed by atoms with van der Waals surface area (Å²) in [6.45, 7) is 0. The van der Waals surface area contributed by atoms with Crippen molar-refractivity contribution in [3.63, 3.8) is 0 Å². The number of aromatic nitrogens is 1. The lowest BCUT2D eigenvalue weighted by Crippen LogP contribution is -1.94. The van der Waals surface area contributed by atoms with Gasteiger partial charge in [-0.1, -0.05) is 0 Å². The molecule has 1 unspecified atom stereocenters. The minimum atomic E-state index is -0.269. The van der Waals surface area contributed by atoms with Crippen molar-refractivity contribution < 1.29 is 4.79 Å². The van der Waals surface area contributed by atoms with Crippen LogP contribution in [0.2, 0.25) is 0 Å². The summed E-state index contributed by atoms with van der Waals surface area (Å²) in [7, 11) is 0. The van der Waals surface area contributed by atoms with Crippen LogP contribution in [-0.4, -0.2) is 17.2 Å². The van der Waals surface area contributed by atoms with Gasteiger partial charge in [-0.3, -0.25) is 4.99 Å². The number of aliphatic imine (C=N–C) groups is 1. The molecule has 1 aliphatic heterocycles. The number of nitrogens with zero attached hydrogens (tertiary/aromatic N) is 2. The Labute approximate surface area is 58.0 Å².